The maximum atomic E-state index is 8.44. The highest BCUT2D eigenvalue weighted by atomic mass is 16.5. The Hall–Kier alpha value is -0.995. The molecule has 0 aromatic heterocycles. The van der Waals surface area contributed by atoms with Crippen LogP contribution in [0.4, 0.5) is 0 Å². The van der Waals surface area contributed by atoms with Crippen molar-refractivity contribution in [1.29, 1.82) is 0 Å². The molecule has 0 spiro atoms. The Labute approximate surface area is 65.4 Å². The van der Waals surface area contributed by atoms with Gasteiger partial charge in [-0.2, -0.15) is 0 Å². The molecular weight excluding hydrogens is 143 g/mol. The molecule has 1 aromatic rings. The molecule has 1 rings (SSSR count). The van der Waals surface area contributed by atoms with Gasteiger partial charge in [0.25, 0.3) is 0 Å². The third-order valence-electron chi connectivity index (χ3n) is 1.14. The average molecular weight is 152 g/mol. The maximum Gasteiger partial charge on any atom is 0.491 e. The summed E-state index contributed by atoms with van der Waals surface area (Å²) < 4.78 is 4.97. The summed E-state index contributed by atoms with van der Waals surface area (Å²) in [6.45, 7) is -0.0932. The standard InChI is InChI=1S/C7H9BO3/c9-8(10)6-11-7-4-2-1-3-5-7/h1-5,9-10H,6H2. The number of para-hydroxylation sites is 1. The monoisotopic (exact) mass is 152 g/mol. The number of ether oxygens (including phenoxy) is 1. The first kappa shape index (κ1) is 8.10. The Morgan fingerprint density at radius 1 is 1.18 bits per heavy atom. The lowest BCUT2D eigenvalue weighted by Crippen LogP contribution is -2.22. The molecule has 0 aliphatic rings. The van der Waals surface area contributed by atoms with Crippen molar-refractivity contribution in [3.8, 4) is 5.75 Å². The number of benzene rings is 1. The summed E-state index contributed by atoms with van der Waals surface area (Å²) >= 11 is 0. The van der Waals surface area contributed by atoms with Gasteiger partial charge in [0.15, 0.2) is 0 Å². The van der Waals surface area contributed by atoms with Crippen LogP contribution in [0, 0.1) is 0 Å². The fraction of sp³-hybridized carbons (Fsp3) is 0.143. The molecule has 0 saturated heterocycles. The minimum atomic E-state index is -1.41. The summed E-state index contributed by atoms with van der Waals surface area (Å²) in [5, 5.41) is 16.9. The molecular formula is C7H9BO3. The Morgan fingerprint density at radius 3 is 2.36 bits per heavy atom. The van der Waals surface area contributed by atoms with E-state index in [2.05, 4.69) is 0 Å². The van der Waals surface area contributed by atoms with Crippen LogP contribution in [-0.4, -0.2) is 23.7 Å². The molecule has 0 aliphatic heterocycles. The normalized spacial score (nSPS) is 9.27. The Bertz CT molecular complexity index is 200. The molecule has 0 bridgehead atoms. The second-order valence-corrected chi connectivity index (χ2v) is 2.10. The van der Waals surface area contributed by atoms with Crippen LogP contribution in [0.15, 0.2) is 30.3 Å². The van der Waals surface area contributed by atoms with E-state index in [1.165, 1.54) is 0 Å². The van der Waals surface area contributed by atoms with E-state index in [-0.39, 0.29) is 6.51 Å². The van der Waals surface area contributed by atoms with Crippen LogP contribution in [0.2, 0.25) is 0 Å². The van der Waals surface area contributed by atoms with E-state index in [4.69, 9.17) is 14.8 Å². The summed E-state index contributed by atoms with van der Waals surface area (Å²) in [7, 11) is -1.41. The van der Waals surface area contributed by atoms with Gasteiger partial charge in [0, 0.05) is 0 Å². The first-order valence-electron chi connectivity index (χ1n) is 3.33. The lowest BCUT2D eigenvalue weighted by molar-refractivity contribution is 0.306. The predicted octanol–water partition coefficient (Wildman–Crippen LogP) is 0.0774. The van der Waals surface area contributed by atoms with E-state index in [0.29, 0.717) is 5.75 Å². The van der Waals surface area contributed by atoms with E-state index < -0.39 is 7.12 Å². The van der Waals surface area contributed by atoms with Gasteiger partial charge >= 0.3 is 7.12 Å². The first-order valence-corrected chi connectivity index (χ1v) is 3.33. The SMILES string of the molecule is OB(O)COc1ccccc1. The molecule has 0 aliphatic carbocycles. The first-order chi connectivity index (χ1) is 5.29. The van der Waals surface area contributed by atoms with Crippen molar-refractivity contribution in [2.45, 2.75) is 0 Å². The molecule has 11 heavy (non-hydrogen) atoms. The molecule has 0 fully saturated rings. The average Bonchev–Trinajstić information content (AvgIpc) is 2.03. The zero-order valence-corrected chi connectivity index (χ0v) is 5.97. The molecule has 0 amide bonds. The third-order valence-corrected chi connectivity index (χ3v) is 1.14. The molecule has 4 heteroatoms. The molecule has 0 saturated carbocycles. The van der Waals surface area contributed by atoms with E-state index in [9.17, 15) is 0 Å². The summed E-state index contributed by atoms with van der Waals surface area (Å²) in [6, 6.07) is 9.01. The fourth-order valence-electron chi connectivity index (χ4n) is 0.687. The molecule has 58 valence electrons. The van der Waals surface area contributed by atoms with Crippen molar-refractivity contribution in [3.05, 3.63) is 30.3 Å². The van der Waals surface area contributed by atoms with Crippen LogP contribution in [0.1, 0.15) is 0 Å². The van der Waals surface area contributed by atoms with Crippen molar-refractivity contribution in [2.75, 3.05) is 6.51 Å². The Balaban J connectivity index is 2.39. The quantitative estimate of drug-likeness (QED) is 0.602. The largest absolute Gasteiger partial charge is 0.496 e. The zero-order valence-electron chi connectivity index (χ0n) is 5.97. The maximum absolute atomic E-state index is 8.44. The third kappa shape index (κ3) is 3.07. The minimum Gasteiger partial charge on any atom is -0.496 e. The van der Waals surface area contributed by atoms with E-state index >= 15 is 0 Å². The number of hydrogen-bond donors (Lipinski definition) is 2. The van der Waals surface area contributed by atoms with Crippen LogP contribution >= 0.6 is 0 Å². The Kier molecular flexibility index (Phi) is 2.95. The molecule has 0 heterocycles. The molecule has 0 unspecified atom stereocenters. The smallest absolute Gasteiger partial charge is 0.491 e. The van der Waals surface area contributed by atoms with Crippen LogP contribution in [0.3, 0.4) is 0 Å². The number of rotatable bonds is 3. The number of hydrogen-bond acceptors (Lipinski definition) is 3. The Morgan fingerprint density at radius 2 is 1.82 bits per heavy atom. The van der Waals surface area contributed by atoms with Crippen molar-refractivity contribution in [1.82, 2.24) is 0 Å². The highest BCUT2D eigenvalue weighted by Crippen LogP contribution is 2.07. The molecule has 2 N–H and O–H groups in total. The minimum absolute atomic E-state index is 0.0932. The molecule has 3 nitrogen and oxygen atoms in total. The summed E-state index contributed by atoms with van der Waals surface area (Å²) in [4.78, 5) is 0. The zero-order chi connectivity index (χ0) is 8.10. The summed E-state index contributed by atoms with van der Waals surface area (Å²) in [5.41, 5.74) is 0. The van der Waals surface area contributed by atoms with Crippen molar-refractivity contribution in [2.24, 2.45) is 0 Å². The van der Waals surface area contributed by atoms with Crippen LogP contribution in [0.25, 0.3) is 0 Å². The van der Waals surface area contributed by atoms with Gasteiger partial charge in [-0.1, -0.05) is 18.2 Å². The van der Waals surface area contributed by atoms with Crippen LogP contribution in [-0.2, 0) is 0 Å². The van der Waals surface area contributed by atoms with Gasteiger partial charge in [-0.15, -0.1) is 0 Å². The van der Waals surface area contributed by atoms with Gasteiger partial charge in [-0.05, 0) is 12.1 Å². The topological polar surface area (TPSA) is 49.7 Å². The lowest BCUT2D eigenvalue weighted by Gasteiger charge is -2.03. The predicted molar refractivity (Wildman–Crippen MR) is 42.1 cm³/mol. The van der Waals surface area contributed by atoms with Gasteiger partial charge in [0.1, 0.15) is 12.3 Å². The van der Waals surface area contributed by atoms with Crippen molar-refractivity contribution in [3.63, 3.8) is 0 Å². The van der Waals surface area contributed by atoms with Gasteiger partial charge < -0.3 is 14.8 Å². The fourth-order valence-corrected chi connectivity index (χ4v) is 0.687. The molecule has 0 atom stereocenters. The highest BCUT2D eigenvalue weighted by Gasteiger charge is 2.06. The molecule has 0 radical (unpaired) electrons. The lowest BCUT2D eigenvalue weighted by atomic mass is 9.95. The van der Waals surface area contributed by atoms with Crippen LogP contribution in [0.5, 0.6) is 5.75 Å². The summed E-state index contributed by atoms with van der Waals surface area (Å²) in [5.74, 6) is 0.639. The van der Waals surface area contributed by atoms with Gasteiger partial charge in [0.2, 0.25) is 0 Å². The van der Waals surface area contributed by atoms with Gasteiger partial charge in [0.05, 0.1) is 0 Å². The van der Waals surface area contributed by atoms with Gasteiger partial charge in [-0.3, -0.25) is 0 Å². The van der Waals surface area contributed by atoms with Crippen molar-refractivity contribution < 1.29 is 14.8 Å². The molecule has 1 aromatic carbocycles. The second-order valence-electron chi connectivity index (χ2n) is 2.10. The van der Waals surface area contributed by atoms with Crippen LogP contribution < -0.4 is 4.74 Å². The second kappa shape index (κ2) is 4.00. The highest BCUT2D eigenvalue weighted by molar-refractivity contribution is 6.40. The van der Waals surface area contributed by atoms with E-state index in [0.717, 1.165) is 0 Å². The van der Waals surface area contributed by atoms with Gasteiger partial charge in [-0.25, -0.2) is 0 Å². The summed E-state index contributed by atoms with van der Waals surface area (Å²) in [6.07, 6.45) is 0. The van der Waals surface area contributed by atoms with E-state index in [1.54, 1.807) is 12.1 Å². The van der Waals surface area contributed by atoms with Crippen molar-refractivity contribution >= 4 is 7.12 Å². The van der Waals surface area contributed by atoms with E-state index in [1.807, 2.05) is 18.2 Å².